The first-order chi connectivity index (χ1) is 6.07. The average molecular weight is 221 g/mol. The smallest absolute Gasteiger partial charge is 0.0833 e. The van der Waals surface area contributed by atoms with Gasteiger partial charge in [-0.2, -0.15) is 5.10 Å². The molecule has 0 saturated heterocycles. The van der Waals surface area contributed by atoms with E-state index in [1.54, 1.807) is 6.20 Å². The molecule has 1 aromatic rings. The van der Waals surface area contributed by atoms with Crippen LogP contribution < -0.4 is 0 Å². The minimum Gasteiger partial charge on any atom is -0.267 e. The molecule has 0 aliphatic rings. The van der Waals surface area contributed by atoms with Gasteiger partial charge in [-0.05, 0) is 12.8 Å². The van der Waals surface area contributed by atoms with Crippen LogP contribution in [-0.2, 0) is 6.54 Å². The van der Waals surface area contributed by atoms with Gasteiger partial charge in [-0.1, -0.05) is 25.4 Å². The van der Waals surface area contributed by atoms with E-state index in [4.69, 9.17) is 23.2 Å². The highest BCUT2D eigenvalue weighted by atomic mass is 35.5. The topological polar surface area (TPSA) is 17.8 Å². The molecule has 1 rings (SSSR count). The molecule has 0 aliphatic heterocycles. The van der Waals surface area contributed by atoms with Crippen LogP contribution in [0.3, 0.4) is 0 Å². The molecule has 4 heteroatoms. The van der Waals surface area contributed by atoms with Crippen molar-refractivity contribution in [2.24, 2.45) is 5.92 Å². The van der Waals surface area contributed by atoms with Crippen LogP contribution in [-0.4, -0.2) is 9.78 Å². The molecular formula is C9H14Cl2N2. The molecule has 0 aromatic carbocycles. The van der Waals surface area contributed by atoms with E-state index in [0.29, 0.717) is 10.9 Å². The van der Waals surface area contributed by atoms with Gasteiger partial charge in [0.1, 0.15) is 0 Å². The SMILES string of the molecule is CCn1ncc(Cl)c1C(Cl)C(C)C. The molecule has 0 aliphatic carbocycles. The van der Waals surface area contributed by atoms with Crippen molar-refractivity contribution < 1.29 is 0 Å². The van der Waals surface area contributed by atoms with Crippen molar-refractivity contribution in [3.8, 4) is 0 Å². The van der Waals surface area contributed by atoms with Gasteiger partial charge in [0, 0.05) is 6.54 Å². The summed E-state index contributed by atoms with van der Waals surface area (Å²) in [6.07, 6.45) is 1.65. The van der Waals surface area contributed by atoms with E-state index >= 15 is 0 Å². The zero-order valence-corrected chi connectivity index (χ0v) is 9.60. The molecule has 1 unspecified atom stereocenters. The van der Waals surface area contributed by atoms with Crippen LogP contribution in [0.5, 0.6) is 0 Å². The Morgan fingerprint density at radius 2 is 2.15 bits per heavy atom. The molecule has 1 atom stereocenters. The number of hydrogen-bond donors (Lipinski definition) is 0. The predicted molar refractivity (Wildman–Crippen MR) is 56.3 cm³/mol. The summed E-state index contributed by atoms with van der Waals surface area (Å²) in [5.41, 5.74) is 0.931. The summed E-state index contributed by atoms with van der Waals surface area (Å²) < 4.78 is 1.85. The predicted octanol–water partition coefficient (Wildman–Crippen LogP) is 3.49. The molecule has 13 heavy (non-hydrogen) atoms. The lowest BCUT2D eigenvalue weighted by atomic mass is 10.1. The maximum absolute atomic E-state index is 6.23. The third-order valence-corrected chi connectivity index (χ3v) is 2.98. The monoisotopic (exact) mass is 220 g/mol. The summed E-state index contributed by atoms with van der Waals surface area (Å²) in [4.78, 5) is 0. The molecule has 0 bridgehead atoms. The summed E-state index contributed by atoms with van der Waals surface area (Å²) in [6, 6.07) is 0. The maximum Gasteiger partial charge on any atom is 0.0833 e. The van der Waals surface area contributed by atoms with Crippen LogP contribution in [0.4, 0.5) is 0 Å². The highest BCUT2D eigenvalue weighted by molar-refractivity contribution is 6.32. The Labute approximate surface area is 88.8 Å². The van der Waals surface area contributed by atoms with Crippen LogP contribution >= 0.6 is 23.2 Å². The average Bonchev–Trinajstić information content (AvgIpc) is 2.45. The van der Waals surface area contributed by atoms with E-state index in [1.165, 1.54) is 0 Å². The molecule has 1 heterocycles. The largest absolute Gasteiger partial charge is 0.267 e. The molecule has 1 aromatic heterocycles. The number of hydrogen-bond acceptors (Lipinski definition) is 1. The molecule has 0 saturated carbocycles. The van der Waals surface area contributed by atoms with E-state index in [9.17, 15) is 0 Å². The first kappa shape index (κ1) is 10.9. The highest BCUT2D eigenvalue weighted by Crippen LogP contribution is 2.33. The Hall–Kier alpha value is -0.210. The van der Waals surface area contributed by atoms with Crippen LogP contribution in [0.15, 0.2) is 6.20 Å². The lowest BCUT2D eigenvalue weighted by molar-refractivity contribution is 0.548. The molecule has 2 nitrogen and oxygen atoms in total. The molecule has 0 N–H and O–H groups in total. The van der Waals surface area contributed by atoms with Crippen LogP contribution in [0.2, 0.25) is 5.02 Å². The fourth-order valence-electron chi connectivity index (χ4n) is 1.21. The summed E-state index contributed by atoms with van der Waals surface area (Å²) in [7, 11) is 0. The zero-order valence-electron chi connectivity index (χ0n) is 8.09. The summed E-state index contributed by atoms with van der Waals surface area (Å²) in [5.74, 6) is 0.362. The minimum atomic E-state index is -0.0602. The molecule has 0 fully saturated rings. The standard InChI is InChI=1S/C9H14Cl2N2/c1-4-13-9(7(10)5-12-13)8(11)6(2)3/h5-6,8H,4H2,1-3H3. The van der Waals surface area contributed by atoms with Gasteiger partial charge in [-0.3, -0.25) is 4.68 Å². The van der Waals surface area contributed by atoms with Gasteiger partial charge in [0.2, 0.25) is 0 Å². The molecule has 0 spiro atoms. The third-order valence-electron chi connectivity index (χ3n) is 1.98. The van der Waals surface area contributed by atoms with Gasteiger partial charge >= 0.3 is 0 Å². The van der Waals surface area contributed by atoms with Gasteiger partial charge < -0.3 is 0 Å². The van der Waals surface area contributed by atoms with Crippen molar-refractivity contribution >= 4 is 23.2 Å². The highest BCUT2D eigenvalue weighted by Gasteiger charge is 2.20. The summed E-state index contributed by atoms with van der Waals surface area (Å²) >= 11 is 12.2. The van der Waals surface area contributed by atoms with Gasteiger partial charge in [-0.25, -0.2) is 0 Å². The Kier molecular flexibility index (Phi) is 3.63. The summed E-state index contributed by atoms with van der Waals surface area (Å²) in [5, 5.41) is 4.74. The number of halogens is 2. The van der Waals surface area contributed by atoms with Crippen LogP contribution in [0.25, 0.3) is 0 Å². The van der Waals surface area contributed by atoms with Crippen molar-refractivity contribution in [1.82, 2.24) is 9.78 Å². The molecule has 0 amide bonds. The van der Waals surface area contributed by atoms with Gasteiger partial charge in [0.15, 0.2) is 0 Å². The Bertz CT molecular complexity index is 281. The Balaban J connectivity index is 3.03. The quantitative estimate of drug-likeness (QED) is 0.714. The number of aromatic nitrogens is 2. The molecular weight excluding hydrogens is 207 g/mol. The number of aryl methyl sites for hydroxylation is 1. The van der Waals surface area contributed by atoms with Gasteiger partial charge in [0.05, 0.1) is 22.3 Å². The number of nitrogens with zero attached hydrogens (tertiary/aromatic N) is 2. The lowest BCUT2D eigenvalue weighted by Gasteiger charge is -2.15. The first-order valence-electron chi connectivity index (χ1n) is 4.43. The fraction of sp³-hybridized carbons (Fsp3) is 0.667. The van der Waals surface area contributed by atoms with Crippen LogP contribution in [0, 0.1) is 5.92 Å². The third kappa shape index (κ3) is 2.18. The van der Waals surface area contributed by atoms with E-state index < -0.39 is 0 Å². The van der Waals surface area contributed by atoms with Crippen LogP contribution in [0.1, 0.15) is 31.8 Å². The summed E-state index contributed by atoms with van der Waals surface area (Å²) in [6.45, 7) is 6.97. The Morgan fingerprint density at radius 1 is 1.54 bits per heavy atom. The van der Waals surface area contributed by atoms with E-state index in [0.717, 1.165) is 12.2 Å². The minimum absolute atomic E-state index is 0.0602. The van der Waals surface area contributed by atoms with Gasteiger partial charge in [-0.15, -0.1) is 11.6 Å². The lowest BCUT2D eigenvalue weighted by Crippen LogP contribution is -2.08. The second-order valence-corrected chi connectivity index (χ2v) is 4.22. The van der Waals surface area contributed by atoms with E-state index in [-0.39, 0.29) is 5.38 Å². The second kappa shape index (κ2) is 4.34. The van der Waals surface area contributed by atoms with E-state index in [2.05, 4.69) is 18.9 Å². The van der Waals surface area contributed by atoms with Crippen molar-refractivity contribution in [2.75, 3.05) is 0 Å². The van der Waals surface area contributed by atoms with Crippen molar-refractivity contribution in [2.45, 2.75) is 32.7 Å². The van der Waals surface area contributed by atoms with Crippen molar-refractivity contribution in [3.63, 3.8) is 0 Å². The molecule has 74 valence electrons. The van der Waals surface area contributed by atoms with Gasteiger partial charge in [0.25, 0.3) is 0 Å². The van der Waals surface area contributed by atoms with Crippen molar-refractivity contribution in [1.29, 1.82) is 0 Å². The zero-order chi connectivity index (χ0) is 10.0. The fourth-order valence-corrected chi connectivity index (χ4v) is 1.76. The Morgan fingerprint density at radius 3 is 2.62 bits per heavy atom. The maximum atomic E-state index is 6.23. The first-order valence-corrected chi connectivity index (χ1v) is 5.24. The molecule has 0 radical (unpaired) electrons. The normalized spacial score (nSPS) is 13.7. The number of alkyl halides is 1. The number of rotatable bonds is 3. The van der Waals surface area contributed by atoms with Crippen molar-refractivity contribution in [3.05, 3.63) is 16.9 Å². The second-order valence-electron chi connectivity index (χ2n) is 3.34. The van der Waals surface area contributed by atoms with E-state index in [1.807, 2.05) is 11.6 Å².